The molecule has 2 aromatic rings. The van der Waals surface area contributed by atoms with Crippen molar-refractivity contribution in [2.45, 2.75) is 26.8 Å². The number of aryl methyl sites for hydroxylation is 1. The molecule has 2 N–H and O–H groups in total. The van der Waals surface area contributed by atoms with Crippen molar-refractivity contribution < 1.29 is 4.79 Å². The molecule has 0 spiro atoms. The summed E-state index contributed by atoms with van der Waals surface area (Å²) in [6, 6.07) is 11.6. The third-order valence-electron chi connectivity index (χ3n) is 3.15. The van der Waals surface area contributed by atoms with Gasteiger partial charge in [0.2, 0.25) is 0 Å². The molecule has 4 heteroatoms. The van der Waals surface area contributed by atoms with Gasteiger partial charge in [0.15, 0.2) is 0 Å². The maximum Gasteiger partial charge on any atom is 0.264 e. The SMILES string of the molecule is CCCN(Cc1ccccc1N)C(=O)c1ccc(C)s1. The first-order chi connectivity index (χ1) is 9.61. The standard InChI is InChI=1S/C16H20N2OS/c1-3-10-18(11-13-6-4-5-7-14(13)17)16(19)15-9-8-12(2)20-15/h4-9H,3,10-11,17H2,1-2H3. The van der Waals surface area contributed by atoms with Crippen LogP contribution in [0.15, 0.2) is 36.4 Å². The minimum Gasteiger partial charge on any atom is -0.398 e. The molecular weight excluding hydrogens is 268 g/mol. The van der Waals surface area contributed by atoms with E-state index >= 15 is 0 Å². The van der Waals surface area contributed by atoms with E-state index in [1.54, 1.807) is 11.3 Å². The number of para-hydroxylation sites is 1. The van der Waals surface area contributed by atoms with Crippen molar-refractivity contribution in [3.8, 4) is 0 Å². The molecule has 0 saturated heterocycles. The lowest BCUT2D eigenvalue weighted by atomic mass is 10.1. The van der Waals surface area contributed by atoms with Crippen LogP contribution in [0.2, 0.25) is 0 Å². The van der Waals surface area contributed by atoms with Crippen molar-refractivity contribution in [2.24, 2.45) is 0 Å². The summed E-state index contributed by atoms with van der Waals surface area (Å²) in [6.07, 6.45) is 0.933. The molecule has 20 heavy (non-hydrogen) atoms. The highest BCUT2D eigenvalue weighted by atomic mass is 32.1. The smallest absolute Gasteiger partial charge is 0.264 e. The van der Waals surface area contributed by atoms with Gasteiger partial charge in [-0.25, -0.2) is 0 Å². The average Bonchev–Trinajstić information content (AvgIpc) is 2.86. The molecule has 1 heterocycles. The lowest BCUT2D eigenvalue weighted by Gasteiger charge is -2.22. The van der Waals surface area contributed by atoms with Gasteiger partial charge in [0.25, 0.3) is 5.91 Å². The zero-order valence-corrected chi connectivity index (χ0v) is 12.7. The lowest BCUT2D eigenvalue weighted by molar-refractivity contribution is 0.0748. The second kappa shape index (κ2) is 6.57. The van der Waals surface area contributed by atoms with Crippen LogP contribution >= 0.6 is 11.3 Å². The number of benzene rings is 1. The van der Waals surface area contributed by atoms with Crippen molar-refractivity contribution in [3.63, 3.8) is 0 Å². The van der Waals surface area contributed by atoms with Crippen molar-refractivity contribution in [3.05, 3.63) is 51.7 Å². The second-order valence-corrected chi connectivity index (χ2v) is 6.12. The van der Waals surface area contributed by atoms with Gasteiger partial charge in [0, 0.05) is 23.7 Å². The number of nitrogens with two attached hydrogens (primary N) is 1. The normalized spacial score (nSPS) is 10.5. The van der Waals surface area contributed by atoms with Gasteiger partial charge in [0.05, 0.1) is 4.88 Å². The van der Waals surface area contributed by atoms with Gasteiger partial charge >= 0.3 is 0 Å². The number of nitrogens with zero attached hydrogens (tertiary/aromatic N) is 1. The minimum atomic E-state index is 0.0909. The monoisotopic (exact) mass is 288 g/mol. The Kier molecular flexibility index (Phi) is 4.79. The maximum absolute atomic E-state index is 12.6. The van der Waals surface area contributed by atoms with E-state index in [-0.39, 0.29) is 5.91 Å². The molecule has 0 saturated carbocycles. The van der Waals surface area contributed by atoms with Crippen LogP contribution in [0.1, 0.15) is 33.5 Å². The first kappa shape index (κ1) is 14.6. The fourth-order valence-corrected chi connectivity index (χ4v) is 2.95. The largest absolute Gasteiger partial charge is 0.398 e. The highest BCUT2D eigenvalue weighted by molar-refractivity contribution is 7.13. The molecule has 2 rings (SSSR count). The van der Waals surface area contributed by atoms with E-state index in [1.165, 1.54) is 0 Å². The summed E-state index contributed by atoms with van der Waals surface area (Å²) in [5.41, 5.74) is 7.71. The molecule has 1 aromatic carbocycles. The van der Waals surface area contributed by atoms with E-state index in [2.05, 4.69) is 6.92 Å². The van der Waals surface area contributed by atoms with Crippen molar-refractivity contribution in [1.29, 1.82) is 0 Å². The van der Waals surface area contributed by atoms with E-state index in [0.29, 0.717) is 6.54 Å². The fourth-order valence-electron chi connectivity index (χ4n) is 2.11. The summed E-state index contributed by atoms with van der Waals surface area (Å²) in [5.74, 6) is 0.0909. The first-order valence-corrected chi connectivity index (χ1v) is 7.62. The highest BCUT2D eigenvalue weighted by Crippen LogP contribution is 2.20. The topological polar surface area (TPSA) is 46.3 Å². The first-order valence-electron chi connectivity index (χ1n) is 6.81. The Morgan fingerprint density at radius 2 is 2.00 bits per heavy atom. The predicted molar refractivity (Wildman–Crippen MR) is 84.9 cm³/mol. The van der Waals surface area contributed by atoms with Crippen molar-refractivity contribution >= 4 is 22.9 Å². The molecule has 0 aliphatic rings. The van der Waals surface area contributed by atoms with Gasteiger partial charge in [-0.1, -0.05) is 25.1 Å². The highest BCUT2D eigenvalue weighted by Gasteiger charge is 2.17. The van der Waals surface area contributed by atoms with Crippen LogP contribution in [0.4, 0.5) is 5.69 Å². The van der Waals surface area contributed by atoms with Crippen LogP contribution in [0, 0.1) is 6.92 Å². The number of carbonyl (C=O) groups is 1. The molecule has 0 fully saturated rings. The molecule has 0 atom stereocenters. The van der Waals surface area contributed by atoms with Crippen molar-refractivity contribution in [1.82, 2.24) is 4.90 Å². The van der Waals surface area contributed by atoms with E-state index in [4.69, 9.17) is 5.73 Å². The van der Waals surface area contributed by atoms with Crippen LogP contribution in [0.5, 0.6) is 0 Å². The summed E-state index contributed by atoms with van der Waals surface area (Å²) < 4.78 is 0. The number of amides is 1. The third kappa shape index (κ3) is 3.39. The van der Waals surface area contributed by atoms with E-state index in [9.17, 15) is 4.79 Å². The molecule has 0 bridgehead atoms. The quantitative estimate of drug-likeness (QED) is 0.853. The molecule has 106 valence electrons. The Hall–Kier alpha value is -1.81. The molecule has 1 amide bonds. The molecule has 0 unspecified atom stereocenters. The molecule has 0 aliphatic carbocycles. The van der Waals surface area contributed by atoms with Gasteiger partial charge in [-0.2, -0.15) is 0 Å². The number of hydrogen-bond acceptors (Lipinski definition) is 3. The van der Waals surface area contributed by atoms with Crippen LogP contribution in [-0.2, 0) is 6.54 Å². The minimum absolute atomic E-state index is 0.0909. The van der Waals surface area contributed by atoms with Gasteiger partial charge in [-0.15, -0.1) is 11.3 Å². The van der Waals surface area contributed by atoms with Crippen LogP contribution in [0.25, 0.3) is 0 Å². The van der Waals surface area contributed by atoms with Crippen LogP contribution in [-0.4, -0.2) is 17.4 Å². The summed E-state index contributed by atoms with van der Waals surface area (Å²) in [6.45, 7) is 5.40. The van der Waals surface area contributed by atoms with Gasteiger partial charge < -0.3 is 10.6 Å². The summed E-state index contributed by atoms with van der Waals surface area (Å²) in [4.78, 5) is 16.4. The van der Waals surface area contributed by atoms with E-state index < -0.39 is 0 Å². The Morgan fingerprint density at radius 1 is 1.25 bits per heavy atom. The number of thiophene rings is 1. The lowest BCUT2D eigenvalue weighted by Crippen LogP contribution is -2.31. The molecule has 1 aromatic heterocycles. The van der Waals surface area contributed by atoms with Crippen LogP contribution < -0.4 is 5.73 Å². The van der Waals surface area contributed by atoms with Crippen molar-refractivity contribution in [2.75, 3.05) is 12.3 Å². The summed E-state index contributed by atoms with van der Waals surface area (Å²) >= 11 is 1.54. The summed E-state index contributed by atoms with van der Waals surface area (Å²) in [7, 11) is 0. The predicted octanol–water partition coefficient (Wildman–Crippen LogP) is 3.69. The van der Waals surface area contributed by atoms with Crippen LogP contribution in [0.3, 0.4) is 0 Å². The molecule has 0 radical (unpaired) electrons. The molecule has 0 aliphatic heterocycles. The Balaban J connectivity index is 2.19. The average molecular weight is 288 g/mol. The number of rotatable bonds is 5. The molecular formula is C16H20N2OS. The van der Waals surface area contributed by atoms with E-state index in [0.717, 1.165) is 34.0 Å². The number of anilines is 1. The fraction of sp³-hybridized carbons (Fsp3) is 0.312. The Bertz CT molecular complexity index is 592. The number of carbonyl (C=O) groups excluding carboxylic acids is 1. The van der Waals surface area contributed by atoms with Gasteiger partial charge in [0.1, 0.15) is 0 Å². The summed E-state index contributed by atoms with van der Waals surface area (Å²) in [5, 5.41) is 0. The van der Waals surface area contributed by atoms with E-state index in [1.807, 2.05) is 48.2 Å². The Morgan fingerprint density at radius 3 is 2.60 bits per heavy atom. The number of nitrogen functional groups attached to an aromatic ring is 1. The van der Waals surface area contributed by atoms with Gasteiger partial charge in [-0.05, 0) is 37.1 Å². The third-order valence-corrected chi connectivity index (χ3v) is 4.14. The zero-order chi connectivity index (χ0) is 14.5. The van der Waals surface area contributed by atoms with Gasteiger partial charge in [-0.3, -0.25) is 4.79 Å². The molecule has 3 nitrogen and oxygen atoms in total. The zero-order valence-electron chi connectivity index (χ0n) is 11.9. The number of hydrogen-bond donors (Lipinski definition) is 1. The Labute approximate surface area is 124 Å². The second-order valence-electron chi connectivity index (χ2n) is 4.84. The maximum atomic E-state index is 12.6.